The molecule has 2 nitrogen and oxygen atoms in total. The molecular formula is C9H7F6NO. The summed E-state index contributed by atoms with van der Waals surface area (Å²) in [5, 5.41) is 0. The molecule has 0 bridgehead atoms. The van der Waals surface area contributed by atoms with Crippen LogP contribution in [0.2, 0.25) is 0 Å². The number of halogens is 6. The molecule has 1 rings (SSSR count). The number of pyridine rings is 1. The highest BCUT2D eigenvalue weighted by molar-refractivity contribution is 5.33. The molecule has 0 fully saturated rings. The number of rotatable bonds is 2. The van der Waals surface area contributed by atoms with Gasteiger partial charge in [-0.25, -0.2) is 4.98 Å². The Morgan fingerprint density at radius 2 is 1.71 bits per heavy atom. The molecule has 0 atom stereocenters. The Labute approximate surface area is 92.2 Å². The highest BCUT2D eigenvalue weighted by Crippen LogP contribution is 2.40. The molecule has 17 heavy (non-hydrogen) atoms. The van der Waals surface area contributed by atoms with Crippen LogP contribution in [0.1, 0.15) is 18.2 Å². The Balaban J connectivity index is 3.33. The molecule has 96 valence electrons. The maximum atomic E-state index is 12.4. The molecule has 8 heteroatoms. The summed E-state index contributed by atoms with van der Waals surface area (Å²) in [5.74, 6) is -0.354. The maximum absolute atomic E-state index is 12.4. The van der Waals surface area contributed by atoms with Crippen LogP contribution in [0, 0.1) is 0 Å². The Kier molecular flexibility index (Phi) is 3.53. The zero-order valence-corrected chi connectivity index (χ0v) is 8.49. The summed E-state index contributed by atoms with van der Waals surface area (Å²) in [5.41, 5.74) is -3.82. The molecule has 1 heterocycles. The van der Waals surface area contributed by atoms with Gasteiger partial charge in [-0.3, -0.25) is 0 Å². The molecule has 0 N–H and O–H groups in total. The van der Waals surface area contributed by atoms with Crippen LogP contribution in [-0.2, 0) is 12.4 Å². The van der Waals surface area contributed by atoms with Crippen molar-refractivity contribution < 1.29 is 31.1 Å². The van der Waals surface area contributed by atoms with Gasteiger partial charge in [-0.2, -0.15) is 26.3 Å². The second-order valence-corrected chi connectivity index (χ2v) is 3.00. The van der Waals surface area contributed by atoms with Crippen LogP contribution in [-0.4, -0.2) is 11.6 Å². The van der Waals surface area contributed by atoms with E-state index in [1.807, 2.05) is 0 Å². The van der Waals surface area contributed by atoms with E-state index in [1.54, 1.807) is 0 Å². The van der Waals surface area contributed by atoms with Crippen molar-refractivity contribution >= 4 is 0 Å². The molecule has 0 aliphatic carbocycles. The van der Waals surface area contributed by atoms with Gasteiger partial charge in [0.25, 0.3) is 0 Å². The van der Waals surface area contributed by atoms with E-state index in [9.17, 15) is 26.3 Å². The van der Waals surface area contributed by atoms with Gasteiger partial charge in [0, 0.05) is 0 Å². The van der Waals surface area contributed by atoms with Gasteiger partial charge in [0.05, 0.1) is 18.4 Å². The van der Waals surface area contributed by atoms with E-state index < -0.39 is 23.6 Å². The minimum atomic E-state index is -5.16. The van der Waals surface area contributed by atoms with Crippen molar-refractivity contribution in [1.29, 1.82) is 0 Å². The topological polar surface area (TPSA) is 22.1 Å². The molecule has 0 unspecified atom stereocenters. The summed E-state index contributed by atoms with van der Waals surface area (Å²) in [6, 6.07) is 0.291. The number of alkyl halides is 6. The maximum Gasteiger partial charge on any atom is 0.433 e. The first-order valence-electron chi connectivity index (χ1n) is 4.43. The van der Waals surface area contributed by atoms with Crippen LogP contribution in [0.4, 0.5) is 26.3 Å². The number of hydrogen-bond acceptors (Lipinski definition) is 2. The van der Waals surface area contributed by atoms with Crippen LogP contribution >= 0.6 is 0 Å². The van der Waals surface area contributed by atoms with Crippen molar-refractivity contribution in [3.8, 4) is 5.75 Å². The van der Waals surface area contributed by atoms with Gasteiger partial charge < -0.3 is 4.74 Å². The predicted molar refractivity (Wildman–Crippen MR) is 45.4 cm³/mol. The monoisotopic (exact) mass is 259 g/mol. The van der Waals surface area contributed by atoms with Crippen LogP contribution in [0.5, 0.6) is 5.75 Å². The van der Waals surface area contributed by atoms with E-state index >= 15 is 0 Å². The zero-order valence-electron chi connectivity index (χ0n) is 8.49. The van der Waals surface area contributed by atoms with Gasteiger partial charge >= 0.3 is 12.4 Å². The number of aromatic nitrogens is 1. The van der Waals surface area contributed by atoms with Gasteiger partial charge in [-0.1, -0.05) is 0 Å². The van der Waals surface area contributed by atoms with E-state index in [4.69, 9.17) is 0 Å². The van der Waals surface area contributed by atoms with Crippen molar-refractivity contribution in [3.05, 3.63) is 23.5 Å². The van der Waals surface area contributed by atoms with Gasteiger partial charge in [0.1, 0.15) is 5.75 Å². The lowest BCUT2D eigenvalue weighted by molar-refractivity contribution is -0.164. The highest BCUT2D eigenvalue weighted by atomic mass is 19.4. The largest absolute Gasteiger partial charge is 0.492 e. The first-order valence-corrected chi connectivity index (χ1v) is 4.43. The summed E-state index contributed by atoms with van der Waals surface area (Å²) in [4.78, 5) is 2.76. The van der Waals surface area contributed by atoms with E-state index in [0.29, 0.717) is 12.3 Å². The van der Waals surface area contributed by atoms with Crippen LogP contribution < -0.4 is 4.74 Å². The zero-order chi connectivity index (χ0) is 13.3. The standard InChI is InChI=1S/C9H7F6NO/c1-2-17-5-3-6(8(10,11)12)7(16-4-5)9(13,14)15/h3-4H,2H2,1H3. The molecular weight excluding hydrogens is 252 g/mol. The SMILES string of the molecule is CCOc1cnc(C(F)(F)F)c(C(F)(F)F)c1. The lowest BCUT2D eigenvalue weighted by Gasteiger charge is -2.15. The molecule has 0 saturated heterocycles. The molecule has 0 aliphatic rings. The highest BCUT2D eigenvalue weighted by Gasteiger charge is 2.44. The average molecular weight is 259 g/mol. The smallest absolute Gasteiger partial charge is 0.433 e. The third-order valence-corrected chi connectivity index (χ3v) is 1.75. The Morgan fingerprint density at radius 1 is 1.12 bits per heavy atom. The van der Waals surface area contributed by atoms with E-state index in [2.05, 4.69) is 9.72 Å². The van der Waals surface area contributed by atoms with Gasteiger partial charge in [0.15, 0.2) is 5.69 Å². The molecule has 1 aromatic heterocycles. The van der Waals surface area contributed by atoms with Crippen LogP contribution in [0.3, 0.4) is 0 Å². The Bertz CT molecular complexity index is 397. The predicted octanol–water partition coefficient (Wildman–Crippen LogP) is 3.52. The molecule has 0 aromatic carbocycles. The molecule has 0 radical (unpaired) electrons. The average Bonchev–Trinajstić information content (AvgIpc) is 2.15. The molecule has 0 spiro atoms. The van der Waals surface area contributed by atoms with Crippen LogP contribution in [0.25, 0.3) is 0 Å². The quantitative estimate of drug-likeness (QED) is 0.758. The molecule has 0 aliphatic heterocycles. The number of hydrogen-bond donors (Lipinski definition) is 0. The molecule has 0 saturated carbocycles. The van der Waals surface area contributed by atoms with Crippen molar-refractivity contribution in [2.24, 2.45) is 0 Å². The van der Waals surface area contributed by atoms with Crippen molar-refractivity contribution in [1.82, 2.24) is 4.98 Å². The third kappa shape index (κ3) is 3.24. The second kappa shape index (κ2) is 4.42. The summed E-state index contributed by atoms with van der Waals surface area (Å²) in [7, 11) is 0. The van der Waals surface area contributed by atoms with Gasteiger partial charge in [-0.05, 0) is 13.0 Å². The third-order valence-electron chi connectivity index (χ3n) is 1.75. The van der Waals surface area contributed by atoms with E-state index in [0.717, 1.165) is 0 Å². The fraction of sp³-hybridized carbons (Fsp3) is 0.444. The van der Waals surface area contributed by atoms with Crippen molar-refractivity contribution in [2.75, 3.05) is 6.61 Å². The summed E-state index contributed by atoms with van der Waals surface area (Å²) in [6.45, 7) is 1.52. The fourth-order valence-electron chi connectivity index (χ4n) is 1.13. The number of nitrogens with zero attached hydrogens (tertiary/aromatic N) is 1. The number of ether oxygens (including phenoxy) is 1. The second-order valence-electron chi connectivity index (χ2n) is 3.00. The normalized spacial score (nSPS) is 12.6. The summed E-state index contributed by atoms with van der Waals surface area (Å²) < 4.78 is 78.8. The van der Waals surface area contributed by atoms with Crippen molar-refractivity contribution in [2.45, 2.75) is 19.3 Å². The summed E-state index contributed by atoms with van der Waals surface area (Å²) in [6.07, 6.45) is -9.68. The van der Waals surface area contributed by atoms with Gasteiger partial charge in [0.2, 0.25) is 0 Å². The Hall–Kier alpha value is -1.47. The van der Waals surface area contributed by atoms with Crippen LogP contribution in [0.15, 0.2) is 12.3 Å². The first kappa shape index (κ1) is 13.6. The lowest BCUT2D eigenvalue weighted by Crippen LogP contribution is -2.18. The van der Waals surface area contributed by atoms with Crippen molar-refractivity contribution in [3.63, 3.8) is 0 Å². The summed E-state index contributed by atoms with van der Waals surface area (Å²) >= 11 is 0. The first-order chi connectivity index (χ1) is 7.66. The van der Waals surface area contributed by atoms with E-state index in [-0.39, 0.29) is 12.4 Å². The minimum Gasteiger partial charge on any atom is -0.492 e. The molecule has 1 aromatic rings. The lowest BCUT2D eigenvalue weighted by atomic mass is 10.1. The van der Waals surface area contributed by atoms with E-state index in [1.165, 1.54) is 6.92 Å². The van der Waals surface area contributed by atoms with Gasteiger partial charge in [-0.15, -0.1) is 0 Å². The Morgan fingerprint density at radius 3 is 2.12 bits per heavy atom. The minimum absolute atomic E-state index is 0.0321. The molecule has 0 amide bonds. The fourth-order valence-corrected chi connectivity index (χ4v) is 1.13.